The van der Waals surface area contributed by atoms with Crippen LogP contribution in [0.2, 0.25) is 0 Å². The minimum absolute atomic E-state index is 0.104. The Morgan fingerprint density at radius 2 is 2.00 bits per heavy atom. The second-order valence-electron chi connectivity index (χ2n) is 6.63. The predicted molar refractivity (Wildman–Crippen MR) is 90.1 cm³/mol. The van der Waals surface area contributed by atoms with E-state index in [4.69, 9.17) is 5.73 Å². The average Bonchev–Trinajstić information content (AvgIpc) is 2.60. The average molecular weight is 315 g/mol. The molecule has 0 spiro atoms. The lowest BCUT2D eigenvalue weighted by Crippen LogP contribution is -2.52. The summed E-state index contributed by atoms with van der Waals surface area (Å²) >= 11 is 0. The van der Waals surface area contributed by atoms with Crippen LogP contribution in [0.5, 0.6) is 0 Å². The van der Waals surface area contributed by atoms with Crippen molar-refractivity contribution in [2.24, 2.45) is 11.7 Å². The van der Waals surface area contributed by atoms with Crippen molar-refractivity contribution in [2.45, 2.75) is 38.6 Å². The molecule has 2 atom stereocenters. The summed E-state index contributed by atoms with van der Waals surface area (Å²) in [6.45, 7) is 4.06. The maximum Gasteiger partial charge on any atom is 0.245 e. The molecule has 23 heavy (non-hydrogen) atoms. The molecule has 1 aromatic carbocycles. The van der Waals surface area contributed by atoms with Gasteiger partial charge in [-0.05, 0) is 44.2 Å². The number of hydrogen-bond acceptors (Lipinski definition) is 3. The summed E-state index contributed by atoms with van der Waals surface area (Å²) in [5, 5.41) is 0. The van der Waals surface area contributed by atoms with E-state index in [1.54, 1.807) is 0 Å². The smallest absolute Gasteiger partial charge is 0.245 e. The van der Waals surface area contributed by atoms with Gasteiger partial charge < -0.3 is 15.5 Å². The number of piperidine rings is 1. The highest BCUT2D eigenvalue weighted by atomic mass is 16.2. The zero-order chi connectivity index (χ0) is 16.4. The summed E-state index contributed by atoms with van der Waals surface area (Å²) in [4.78, 5) is 28.4. The fraction of sp³-hybridized carbons (Fsp3) is 0.556. The SMILES string of the molecule is C[C@@H](C(=O)N1CCC[C@H](C(N)=O)C1)N1CCCc2ccccc21. The van der Waals surface area contributed by atoms with Crippen molar-refractivity contribution in [3.63, 3.8) is 0 Å². The molecule has 3 rings (SSSR count). The van der Waals surface area contributed by atoms with Crippen molar-refractivity contribution in [1.29, 1.82) is 0 Å². The van der Waals surface area contributed by atoms with E-state index in [9.17, 15) is 9.59 Å². The summed E-state index contributed by atoms with van der Waals surface area (Å²) < 4.78 is 0. The zero-order valence-electron chi connectivity index (χ0n) is 13.7. The van der Waals surface area contributed by atoms with Crippen molar-refractivity contribution in [2.75, 3.05) is 24.5 Å². The van der Waals surface area contributed by atoms with Gasteiger partial charge in [0.25, 0.3) is 0 Å². The van der Waals surface area contributed by atoms with Crippen molar-refractivity contribution in [3.05, 3.63) is 29.8 Å². The quantitative estimate of drug-likeness (QED) is 0.920. The van der Waals surface area contributed by atoms with E-state index in [0.29, 0.717) is 6.54 Å². The first kappa shape index (κ1) is 15.8. The Bertz CT molecular complexity index is 602. The van der Waals surface area contributed by atoms with Crippen molar-refractivity contribution in [3.8, 4) is 0 Å². The highest BCUT2D eigenvalue weighted by molar-refractivity contribution is 5.86. The lowest BCUT2D eigenvalue weighted by molar-refractivity contribution is -0.135. The van der Waals surface area contributed by atoms with E-state index >= 15 is 0 Å². The number of nitrogens with two attached hydrogens (primary N) is 1. The number of hydrogen-bond donors (Lipinski definition) is 1. The fourth-order valence-electron chi connectivity index (χ4n) is 3.77. The monoisotopic (exact) mass is 315 g/mol. The van der Waals surface area contributed by atoms with Gasteiger partial charge in [-0.3, -0.25) is 9.59 Å². The molecule has 0 aromatic heterocycles. The summed E-state index contributed by atoms with van der Waals surface area (Å²) in [7, 11) is 0. The normalized spacial score (nSPS) is 22.4. The van der Waals surface area contributed by atoms with Crippen LogP contribution in [0.3, 0.4) is 0 Å². The van der Waals surface area contributed by atoms with Gasteiger partial charge in [-0.25, -0.2) is 0 Å². The first-order chi connectivity index (χ1) is 11.1. The molecule has 0 aliphatic carbocycles. The number of primary amides is 1. The van der Waals surface area contributed by atoms with Gasteiger partial charge in [-0.1, -0.05) is 18.2 Å². The molecule has 2 amide bonds. The summed E-state index contributed by atoms with van der Waals surface area (Å²) in [6, 6.07) is 8.11. The molecule has 2 N–H and O–H groups in total. The number of para-hydroxylation sites is 1. The van der Waals surface area contributed by atoms with Gasteiger partial charge >= 0.3 is 0 Å². The molecule has 2 heterocycles. The molecule has 5 nitrogen and oxygen atoms in total. The van der Waals surface area contributed by atoms with E-state index in [-0.39, 0.29) is 23.8 Å². The van der Waals surface area contributed by atoms with E-state index < -0.39 is 0 Å². The van der Waals surface area contributed by atoms with Crippen molar-refractivity contribution < 1.29 is 9.59 Å². The summed E-state index contributed by atoms with van der Waals surface area (Å²) in [6.07, 6.45) is 3.78. The van der Waals surface area contributed by atoms with E-state index in [2.05, 4.69) is 23.1 Å². The third-order valence-corrected chi connectivity index (χ3v) is 5.11. The van der Waals surface area contributed by atoms with E-state index in [1.807, 2.05) is 17.9 Å². The van der Waals surface area contributed by atoms with Crippen LogP contribution in [0.1, 0.15) is 31.7 Å². The first-order valence-corrected chi connectivity index (χ1v) is 8.50. The number of carbonyl (C=O) groups excluding carboxylic acids is 2. The van der Waals surface area contributed by atoms with Crippen LogP contribution >= 0.6 is 0 Å². The Kier molecular flexibility index (Phi) is 4.55. The standard InChI is InChI=1S/C18H25N3O2/c1-13(18(23)20-10-4-8-15(12-20)17(19)22)21-11-5-7-14-6-2-3-9-16(14)21/h2-3,6,9,13,15H,4-5,7-8,10-12H2,1H3,(H2,19,22)/t13-,15-/m0/s1. The minimum Gasteiger partial charge on any atom is -0.369 e. The molecule has 0 saturated carbocycles. The Balaban J connectivity index is 1.74. The lowest BCUT2D eigenvalue weighted by atomic mass is 9.96. The molecular weight excluding hydrogens is 290 g/mol. The van der Waals surface area contributed by atoms with Crippen LogP contribution in [0.25, 0.3) is 0 Å². The van der Waals surface area contributed by atoms with Crippen LogP contribution in [-0.4, -0.2) is 42.4 Å². The summed E-state index contributed by atoms with van der Waals surface area (Å²) in [5.74, 6) is -0.389. The van der Waals surface area contributed by atoms with Crippen molar-refractivity contribution >= 4 is 17.5 Å². The first-order valence-electron chi connectivity index (χ1n) is 8.50. The highest BCUT2D eigenvalue weighted by Crippen LogP contribution is 2.29. The van der Waals surface area contributed by atoms with Crippen LogP contribution in [0.15, 0.2) is 24.3 Å². The molecular formula is C18H25N3O2. The largest absolute Gasteiger partial charge is 0.369 e. The number of aryl methyl sites for hydroxylation is 1. The van der Waals surface area contributed by atoms with Gasteiger partial charge in [0.2, 0.25) is 11.8 Å². The Morgan fingerprint density at radius 3 is 2.78 bits per heavy atom. The number of benzene rings is 1. The van der Waals surface area contributed by atoms with Gasteiger partial charge in [0.1, 0.15) is 6.04 Å². The number of anilines is 1. The zero-order valence-corrected chi connectivity index (χ0v) is 13.7. The van der Waals surface area contributed by atoms with Gasteiger partial charge in [0.05, 0.1) is 5.92 Å². The molecule has 0 unspecified atom stereocenters. The summed E-state index contributed by atoms with van der Waals surface area (Å²) in [5.41, 5.74) is 7.91. The van der Waals surface area contributed by atoms with Crippen molar-refractivity contribution in [1.82, 2.24) is 4.90 Å². The van der Waals surface area contributed by atoms with Gasteiger partial charge in [-0.2, -0.15) is 0 Å². The van der Waals surface area contributed by atoms with Crippen LogP contribution in [-0.2, 0) is 16.0 Å². The lowest BCUT2D eigenvalue weighted by Gasteiger charge is -2.39. The number of amides is 2. The third kappa shape index (κ3) is 3.19. The Labute approximate surface area is 137 Å². The van der Waals surface area contributed by atoms with E-state index in [1.165, 1.54) is 11.3 Å². The van der Waals surface area contributed by atoms with Gasteiger partial charge in [-0.15, -0.1) is 0 Å². The van der Waals surface area contributed by atoms with Gasteiger partial charge in [0, 0.05) is 25.3 Å². The number of rotatable bonds is 3. The molecule has 0 bridgehead atoms. The second kappa shape index (κ2) is 6.60. The fourth-order valence-corrected chi connectivity index (χ4v) is 3.77. The van der Waals surface area contributed by atoms with Gasteiger partial charge in [0.15, 0.2) is 0 Å². The highest BCUT2D eigenvalue weighted by Gasteiger charge is 2.32. The molecule has 2 aliphatic rings. The molecule has 124 valence electrons. The maximum absolute atomic E-state index is 12.9. The molecule has 1 aromatic rings. The molecule has 2 aliphatic heterocycles. The molecule has 0 radical (unpaired) electrons. The second-order valence-corrected chi connectivity index (χ2v) is 6.63. The topological polar surface area (TPSA) is 66.6 Å². The minimum atomic E-state index is -0.293. The predicted octanol–water partition coefficient (Wildman–Crippen LogP) is 1.55. The number of likely N-dealkylation sites (tertiary alicyclic amines) is 1. The molecule has 1 fully saturated rings. The van der Waals surface area contributed by atoms with Crippen LogP contribution in [0, 0.1) is 5.92 Å². The Morgan fingerprint density at radius 1 is 1.22 bits per heavy atom. The van der Waals surface area contributed by atoms with Crippen LogP contribution < -0.4 is 10.6 Å². The number of fused-ring (bicyclic) bond motifs is 1. The van der Waals surface area contributed by atoms with E-state index in [0.717, 1.165) is 38.8 Å². The molecule has 5 heteroatoms. The number of nitrogens with zero attached hydrogens (tertiary/aromatic N) is 2. The number of carbonyl (C=O) groups is 2. The third-order valence-electron chi connectivity index (χ3n) is 5.11. The maximum atomic E-state index is 12.9. The molecule has 1 saturated heterocycles. The Hall–Kier alpha value is -2.04. The van der Waals surface area contributed by atoms with Crippen LogP contribution in [0.4, 0.5) is 5.69 Å².